The minimum Gasteiger partial charge on any atom is -0.490 e. The molecule has 3 atom stereocenters. The van der Waals surface area contributed by atoms with E-state index in [1.54, 1.807) is 0 Å². The summed E-state index contributed by atoms with van der Waals surface area (Å²) in [4.78, 5) is 2.37. The van der Waals surface area contributed by atoms with Gasteiger partial charge < -0.3 is 14.7 Å². The van der Waals surface area contributed by atoms with Crippen LogP contribution in [0.1, 0.15) is 31.4 Å². The van der Waals surface area contributed by atoms with E-state index >= 15 is 0 Å². The lowest BCUT2D eigenvalue weighted by Crippen LogP contribution is -2.44. The maximum atomic E-state index is 10.3. The third-order valence-electron chi connectivity index (χ3n) is 4.24. The molecule has 1 heterocycles. The van der Waals surface area contributed by atoms with Crippen molar-refractivity contribution in [2.24, 2.45) is 11.8 Å². The van der Waals surface area contributed by atoms with Crippen LogP contribution in [0.25, 0.3) is 0 Å². The Labute approximate surface area is 141 Å². The molecular weight excluding hydrogens is 298 g/mol. The number of aliphatic hydroxyl groups is 1. The quantitative estimate of drug-likeness (QED) is 0.899. The highest BCUT2D eigenvalue weighted by molar-refractivity contribution is 5.85. The van der Waals surface area contributed by atoms with Crippen LogP contribution in [0.15, 0.2) is 18.2 Å². The van der Waals surface area contributed by atoms with E-state index in [1.807, 2.05) is 32.0 Å². The second kappa shape index (κ2) is 8.76. The lowest BCUT2D eigenvalue weighted by Gasteiger charge is -2.36. The fourth-order valence-electron chi connectivity index (χ4n) is 3.50. The Morgan fingerprint density at radius 2 is 1.73 bits per heavy atom. The van der Waals surface area contributed by atoms with E-state index in [0.717, 1.165) is 41.8 Å². The molecule has 0 amide bonds. The maximum Gasteiger partial charge on any atom is 0.125 e. The lowest BCUT2D eigenvalue weighted by molar-refractivity contribution is 0.0426. The predicted octanol–water partition coefficient (Wildman–Crippen LogP) is 3.44. The number of piperidine rings is 1. The molecule has 1 aliphatic rings. The number of halogens is 1. The van der Waals surface area contributed by atoms with Crippen molar-refractivity contribution in [2.75, 3.05) is 26.2 Å². The first-order valence-electron chi connectivity index (χ1n) is 8.05. The van der Waals surface area contributed by atoms with Crippen LogP contribution < -0.4 is 4.74 Å². The molecule has 4 heteroatoms. The van der Waals surface area contributed by atoms with Gasteiger partial charge in [-0.1, -0.05) is 32.0 Å². The minimum absolute atomic E-state index is 0. The van der Waals surface area contributed by atoms with Crippen molar-refractivity contribution in [1.29, 1.82) is 0 Å². The number of rotatable bonds is 5. The van der Waals surface area contributed by atoms with Gasteiger partial charge >= 0.3 is 0 Å². The number of benzene rings is 1. The van der Waals surface area contributed by atoms with E-state index in [0.29, 0.717) is 13.2 Å². The van der Waals surface area contributed by atoms with E-state index in [9.17, 15) is 5.11 Å². The van der Waals surface area contributed by atoms with Crippen molar-refractivity contribution < 1.29 is 9.84 Å². The topological polar surface area (TPSA) is 32.7 Å². The van der Waals surface area contributed by atoms with Gasteiger partial charge in [0.15, 0.2) is 0 Å². The third-order valence-corrected chi connectivity index (χ3v) is 4.24. The average Bonchev–Trinajstić information content (AvgIpc) is 2.36. The molecule has 1 aliphatic heterocycles. The first-order chi connectivity index (χ1) is 9.95. The fourth-order valence-corrected chi connectivity index (χ4v) is 3.50. The first kappa shape index (κ1) is 19.3. The molecule has 1 N–H and O–H groups in total. The largest absolute Gasteiger partial charge is 0.490 e. The van der Waals surface area contributed by atoms with Crippen LogP contribution in [-0.2, 0) is 0 Å². The van der Waals surface area contributed by atoms with E-state index in [-0.39, 0.29) is 12.4 Å². The molecule has 0 radical (unpaired) electrons. The maximum absolute atomic E-state index is 10.3. The van der Waals surface area contributed by atoms with Gasteiger partial charge in [0, 0.05) is 19.6 Å². The molecule has 0 aromatic heterocycles. The number of aliphatic hydroxyl groups excluding tert-OH is 1. The fraction of sp³-hybridized carbons (Fsp3) is 0.667. The van der Waals surface area contributed by atoms with Crippen LogP contribution in [0, 0.1) is 25.7 Å². The van der Waals surface area contributed by atoms with Crippen LogP contribution in [0.2, 0.25) is 0 Å². The summed E-state index contributed by atoms with van der Waals surface area (Å²) in [5.74, 6) is 2.36. The number of likely N-dealkylation sites (tertiary alicyclic amines) is 1. The SMILES string of the molecule is Cc1cccc(C)c1OCC(O)CN1CC(C)CC(C)C1.Cl. The smallest absolute Gasteiger partial charge is 0.125 e. The third kappa shape index (κ3) is 5.45. The highest BCUT2D eigenvalue weighted by Gasteiger charge is 2.23. The van der Waals surface area contributed by atoms with Crippen LogP contribution in [-0.4, -0.2) is 42.4 Å². The van der Waals surface area contributed by atoms with Crippen molar-refractivity contribution in [2.45, 2.75) is 40.2 Å². The van der Waals surface area contributed by atoms with Gasteiger partial charge in [0.1, 0.15) is 18.5 Å². The molecule has 3 unspecified atom stereocenters. The molecule has 1 saturated heterocycles. The summed E-state index contributed by atoms with van der Waals surface area (Å²) in [6.45, 7) is 11.9. The van der Waals surface area contributed by atoms with Crippen molar-refractivity contribution in [3.63, 3.8) is 0 Å². The van der Waals surface area contributed by atoms with Gasteiger partial charge in [0.25, 0.3) is 0 Å². The summed E-state index contributed by atoms with van der Waals surface area (Å²) in [7, 11) is 0. The molecule has 0 saturated carbocycles. The molecule has 22 heavy (non-hydrogen) atoms. The molecule has 0 aliphatic carbocycles. The number of hydrogen-bond donors (Lipinski definition) is 1. The zero-order chi connectivity index (χ0) is 15.4. The average molecular weight is 328 g/mol. The Kier molecular flexibility index (Phi) is 7.67. The highest BCUT2D eigenvalue weighted by Crippen LogP contribution is 2.23. The minimum atomic E-state index is -0.429. The van der Waals surface area contributed by atoms with Gasteiger partial charge in [-0.15, -0.1) is 12.4 Å². The first-order valence-corrected chi connectivity index (χ1v) is 8.05. The second-order valence-corrected chi connectivity index (χ2v) is 6.85. The summed E-state index contributed by atoms with van der Waals surface area (Å²) in [6, 6.07) is 6.12. The second-order valence-electron chi connectivity index (χ2n) is 6.85. The molecule has 0 spiro atoms. The number of nitrogens with zero attached hydrogens (tertiary/aromatic N) is 1. The van der Waals surface area contributed by atoms with Gasteiger partial charge in [-0.05, 0) is 43.2 Å². The number of aryl methyl sites for hydroxylation is 2. The van der Waals surface area contributed by atoms with Gasteiger partial charge in [0.2, 0.25) is 0 Å². The number of ether oxygens (including phenoxy) is 1. The molecule has 1 aromatic carbocycles. The van der Waals surface area contributed by atoms with E-state index in [2.05, 4.69) is 18.7 Å². The highest BCUT2D eigenvalue weighted by atomic mass is 35.5. The van der Waals surface area contributed by atoms with Gasteiger partial charge in [-0.2, -0.15) is 0 Å². The van der Waals surface area contributed by atoms with E-state index in [4.69, 9.17) is 4.74 Å². The van der Waals surface area contributed by atoms with Crippen LogP contribution in [0.3, 0.4) is 0 Å². The number of β-amino-alcohol motifs (C(OH)–C–C–N with tert-alkyl or cyclic N) is 1. The summed E-state index contributed by atoms with van der Waals surface area (Å²) in [5, 5.41) is 10.3. The summed E-state index contributed by atoms with van der Waals surface area (Å²) >= 11 is 0. The summed E-state index contributed by atoms with van der Waals surface area (Å²) in [6.07, 6.45) is 0.868. The Hall–Kier alpha value is -0.770. The van der Waals surface area contributed by atoms with Crippen molar-refractivity contribution in [3.8, 4) is 5.75 Å². The normalized spacial score (nSPS) is 23.7. The molecule has 126 valence electrons. The molecule has 0 bridgehead atoms. The van der Waals surface area contributed by atoms with Crippen LogP contribution in [0.4, 0.5) is 0 Å². The standard InChI is InChI=1S/C18H29NO2.ClH/c1-13-8-14(2)10-19(9-13)11-17(20)12-21-18-15(3)6-5-7-16(18)4;/h5-7,13-14,17,20H,8-12H2,1-4H3;1H. The van der Waals surface area contributed by atoms with E-state index in [1.165, 1.54) is 6.42 Å². The van der Waals surface area contributed by atoms with Crippen molar-refractivity contribution in [1.82, 2.24) is 4.90 Å². The van der Waals surface area contributed by atoms with Gasteiger partial charge in [-0.25, -0.2) is 0 Å². The van der Waals surface area contributed by atoms with Gasteiger partial charge in [-0.3, -0.25) is 0 Å². The Balaban J connectivity index is 0.00000242. The van der Waals surface area contributed by atoms with Gasteiger partial charge in [0.05, 0.1) is 0 Å². The number of para-hydroxylation sites is 1. The van der Waals surface area contributed by atoms with Crippen LogP contribution >= 0.6 is 12.4 Å². The number of hydrogen-bond acceptors (Lipinski definition) is 3. The van der Waals surface area contributed by atoms with Crippen LogP contribution in [0.5, 0.6) is 5.75 Å². The summed E-state index contributed by atoms with van der Waals surface area (Å²) in [5.41, 5.74) is 2.25. The van der Waals surface area contributed by atoms with Crippen molar-refractivity contribution in [3.05, 3.63) is 29.3 Å². The molecule has 2 rings (SSSR count). The Bertz CT molecular complexity index is 436. The zero-order valence-corrected chi connectivity index (χ0v) is 15.0. The molecular formula is C18H30ClNO2. The Morgan fingerprint density at radius 3 is 2.27 bits per heavy atom. The van der Waals surface area contributed by atoms with E-state index < -0.39 is 6.10 Å². The molecule has 1 fully saturated rings. The molecule has 3 nitrogen and oxygen atoms in total. The molecule has 1 aromatic rings. The van der Waals surface area contributed by atoms with Crippen molar-refractivity contribution >= 4 is 12.4 Å². The predicted molar refractivity (Wildman–Crippen MR) is 94.1 cm³/mol. The summed E-state index contributed by atoms with van der Waals surface area (Å²) < 4.78 is 5.85. The Morgan fingerprint density at radius 1 is 1.18 bits per heavy atom. The monoisotopic (exact) mass is 327 g/mol. The lowest BCUT2D eigenvalue weighted by atomic mass is 9.92. The zero-order valence-electron chi connectivity index (χ0n) is 14.2.